The Morgan fingerprint density at radius 1 is 0.750 bits per heavy atom. The average molecular weight is 654 g/mol. The van der Waals surface area contributed by atoms with Crippen molar-refractivity contribution < 1.29 is 18.9 Å². The molecule has 0 aromatic rings. The molecule has 6 heterocycles. The van der Waals surface area contributed by atoms with Crippen molar-refractivity contribution >= 4 is 43.4 Å². The summed E-state index contributed by atoms with van der Waals surface area (Å²) in [5, 5.41) is 3.84. The van der Waals surface area contributed by atoms with E-state index in [0.29, 0.717) is 32.3 Å². The Bertz CT molecular complexity index is 1140. The van der Waals surface area contributed by atoms with Gasteiger partial charge in [-0.15, -0.1) is 0 Å². The van der Waals surface area contributed by atoms with Crippen LogP contribution in [0.4, 0.5) is 0 Å². The Morgan fingerprint density at radius 3 is 1.85 bits per heavy atom. The Balaban J connectivity index is 1.31. The highest BCUT2D eigenvalue weighted by molar-refractivity contribution is 8.13. The number of allylic oxidation sites excluding steroid dienone is 2. The molecule has 1 N–H and O–H groups in total. The summed E-state index contributed by atoms with van der Waals surface area (Å²) in [7, 11) is -5.35. The second-order valence-corrected chi connectivity index (χ2v) is 22.0. The van der Waals surface area contributed by atoms with E-state index in [2.05, 4.69) is 43.4 Å². The fraction of sp³-hybridized carbons (Fsp3) is 0.833. The van der Waals surface area contributed by atoms with Crippen molar-refractivity contribution in [1.82, 2.24) is 19.1 Å². The van der Waals surface area contributed by atoms with Gasteiger partial charge in [0.25, 0.3) is 5.91 Å². The first-order valence-electron chi connectivity index (χ1n) is 14.6. The third kappa shape index (κ3) is 5.56. The van der Waals surface area contributed by atoms with E-state index in [0.717, 1.165) is 84.3 Å². The molecular weight excluding hydrogens is 614 g/mol. The lowest BCUT2D eigenvalue weighted by Crippen LogP contribution is -2.49. The number of hydrogen-bond acceptors (Lipinski definition) is 11. The number of nitrogens with one attached hydrogen (secondary N) is 1. The lowest BCUT2D eigenvalue weighted by molar-refractivity contribution is -0.182. The monoisotopic (exact) mass is 653 g/mol. The zero-order valence-corrected chi connectivity index (χ0v) is 27.0. The van der Waals surface area contributed by atoms with Gasteiger partial charge in [-0.2, -0.15) is 13.5 Å². The van der Waals surface area contributed by atoms with Gasteiger partial charge in [0, 0.05) is 77.4 Å². The number of hydrogen-bond donors (Lipinski definition) is 1. The van der Waals surface area contributed by atoms with Crippen LogP contribution in [0.15, 0.2) is 37.9 Å². The highest BCUT2D eigenvalue weighted by Crippen LogP contribution is 2.84. The molecule has 224 valence electrons. The van der Waals surface area contributed by atoms with E-state index < -0.39 is 32.5 Å². The molecule has 40 heavy (non-hydrogen) atoms. The lowest BCUT2D eigenvalue weighted by atomic mass is 10.1. The second-order valence-electron chi connectivity index (χ2n) is 11.4. The van der Waals surface area contributed by atoms with Gasteiger partial charge < -0.3 is 18.9 Å². The van der Waals surface area contributed by atoms with Gasteiger partial charge in [0.15, 0.2) is 11.6 Å². The summed E-state index contributed by atoms with van der Waals surface area (Å²) in [6.07, 6.45) is 14.0. The Hall–Kier alpha value is 0.430. The summed E-state index contributed by atoms with van der Waals surface area (Å²) in [5.41, 5.74) is 0. The molecule has 6 aliphatic heterocycles. The van der Waals surface area contributed by atoms with E-state index >= 15 is 0 Å². The summed E-state index contributed by atoms with van der Waals surface area (Å²) >= 11 is 14.4. The number of ether oxygens (including phenoxy) is 4. The Morgan fingerprint density at radius 2 is 1.30 bits per heavy atom. The number of piperidine rings is 2. The van der Waals surface area contributed by atoms with Crippen molar-refractivity contribution in [2.45, 2.75) is 50.1 Å². The fourth-order valence-electron chi connectivity index (χ4n) is 6.81. The van der Waals surface area contributed by atoms with E-state index in [9.17, 15) is 0 Å². The van der Waals surface area contributed by atoms with Crippen molar-refractivity contribution in [3.05, 3.63) is 24.3 Å². The van der Waals surface area contributed by atoms with Crippen LogP contribution in [0.3, 0.4) is 0 Å². The molecule has 5 saturated heterocycles. The third-order valence-electron chi connectivity index (χ3n) is 8.90. The van der Waals surface area contributed by atoms with Crippen molar-refractivity contribution in [1.29, 1.82) is 0 Å². The van der Waals surface area contributed by atoms with Crippen LogP contribution < -0.4 is 5.09 Å². The number of nitrogens with zero attached hydrogens (tertiary/aromatic N) is 6. The van der Waals surface area contributed by atoms with E-state index in [1.54, 1.807) is 0 Å². The fourth-order valence-corrected chi connectivity index (χ4v) is 21.8. The quantitative estimate of drug-likeness (QED) is 0.347. The largest absolute Gasteiger partial charge is 0.347 e. The Labute approximate surface area is 247 Å². The van der Waals surface area contributed by atoms with Crippen LogP contribution in [-0.2, 0) is 18.9 Å². The molecule has 11 nitrogen and oxygen atoms in total. The van der Waals surface area contributed by atoms with Gasteiger partial charge in [0.2, 0.25) is 15.0 Å². The van der Waals surface area contributed by atoms with Crippen molar-refractivity contribution in [3.8, 4) is 0 Å². The molecule has 0 saturated carbocycles. The molecule has 3 spiro atoms. The van der Waals surface area contributed by atoms with Crippen molar-refractivity contribution in [3.63, 3.8) is 0 Å². The maximum Gasteiger partial charge on any atom is 0.257 e. The predicted octanol–water partition coefficient (Wildman–Crippen LogP) is 6.42. The maximum atomic E-state index is 7.19. The molecule has 0 bridgehead atoms. The van der Waals surface area contributed by atoms with Gasteiger partial charge in [0.05, 0.1) is 26.4 Å². The number of halogens is 2. The number of rotatable bonds is 4. The third-order valence-corrected chi connectivity index (χ3v) is 21.1. The lowest BCUT2D eigenvalue weighted by Gasteiger charge is -2.50. The minimum absolute atomic E-state index is 0.324. The average Bonchev–Trinajstić information content (AvgIpc) is 3.70. The summed E-state index contributed by atoms with van der Waals surface area (Å²) < 4.78 is 48.1. The van der Waals surface area contributed by atoms with E-state index in [-0.39, 0.29) is 0 Å². The van der Waals surface area contributed by atoms with Crippen LogP contribution in [0, 0.1) is 5.92 Å². The first-order valence-corrected chi connectivity index (χ1v) is 21.3. The molecule has 7 aliphatic rings. The van der Waals surface area contributed by atoms with Crippen LogP contribution >= 0.6 is 43.4 Å². The van der Waals surface area contributed by atoms with Gasteiger partial charge >= 0.3 is 0 Å². The topological polar surface area (TPSA) is 95.8 Å². The Kier molecular flexibility index (Phi) is 8.32. The van der Waals surface area contributed by atoms with Gasteiger partial charge in [-0.3, -0.25) is 5.09 Å². The maximum absolute atomic E-state index is 7.19. The molecule has 7 rings (SSSR count). The molecule has 5 fully saturated rings. The van der Waals surface area contributed by atoms with E-state index in [1.165, 1.54) is 0 Å². The van der Waals surface area contributed by atoms with Crippen LogP contribution in [0.1, 0.15) is 38.5 Å². The van der Waals surface area contributed by atoms with Crippen LogP contribution in [-0.4, -0.2) is 97.8 Å². The summed E-state index contributed by atoms with van der Waals surface area (Å²) in [6.45, 7) is 8.24. The highest BCUT2D eigenvalue weighted by Gasteiger charge is 2.52. The molecule has 0 amide bonds. The molecule has 0 radical (unpaired) electrons. The highest BCUT2D eigenvalue weighted by atomic mass is 35.9. The van der Waals surface area contributed by atoms with Crippen molar-refractivity contribution in [2.24, 2.45) is 19.5 Å². The second kappa shape index (κ2) is 11.4. The predicted molar refractivity (Wildman–Crippen MR) is 161 cm³/mol. The van der Waals surface area contributed by atoms with Gasteiger partial charge in [0.1, 0.15) is 0 Å². The summed E-state index contributed by atoms with van der Waals surface area (Å²) in [6, 6.07) is 0. The molecule has 1 unspecified atom stereocenters. The molecule has 0 aromatic carbocycles. The van der Waals surface area contributed by atoms with Crippen LogP contribution in [0.2, 0.25) is 0 Å². The molecule has 1 aliphatic carbocycles. The van der Waals surface area contributed by atoms with Crippen LogP contribution in [0.5, 0.6) is 0 Å². The van der Waals surface area contributed by atoms with Crippen LogP contribution in [0.25, 0.3) is 0 Å². The molecule has 1 atom stereocenters. The van der Waals surface area contributed by atoms with Gasteiger partial charge in [-0.1, -0.05) is 24.3 Å². The first kappa shape index (κ1) is 29.2. The van der Waals surface area contributed by atoms with E-state index in [1.807, 2.05) is 0 Å². The molecular formula is C24H40Cl2N7O4P3. The zero-order chi connectivity index (χ0) is 27.3. The zero-order valence-electron chi connectivity index (χ0n) is 22.8. The normalized spacial score (nSPS) is 35.6. The van der Waals surface area contributed by atoms with Gasteiger partial charge in [-0.05, 0) is 35.3 Å². The minimum Gasteiger partial charge on any atom is -0.347 e. The smallest absolute Gasteiger partial charge is 0.257 e. The van der Waals surface area contributed by atoms with Crippen molar-refractivity contribution in [2.75, 3.05) is 72.2 Å². The minimum atomic E-state index is -3.04. The summed E-state index contributed by atoms with van der Waals surface area (Å²) in [5.74, 6) is -3.71. The standard InChI is InChI=1S/C24H40Cl2N7O4P3/c25-38(26)28-39(27-11-3-4-12-33(39)21-22-5-1-2-6-22)30-40(29-38,31-13-7-23(8-14-31)34-17-18-35-23)32-15-9-24(10-16-32)36-19-20-37-24/h1-2,5-6,22,27H,3-4,7-21H2. The summed E-state index contributed by atoms with van der Waals surface area (Å²) in [4.78, 5) is 0. The first-order chi connectivity index (χ1) is 19.3. The molecule has 16 heteroatoms. The van der Waals surface area contributed by atoms with Gasteiger partial charge in [-0.25, -0.2) is 14.0 Å². The molecule has 0 aromatic heterocycles. The van der Waals surface area contributed by atoms with E-state index in [4.69, 9.17) is 55.0 Å². The SMILES string of the molecule is ClP1(Cl)=NP2(=NP(N3CCC4(CC3)OCCO4)(N3CCC4(CC3)OCCO4)=N1)NCCCCN2CC1C=CC=C1.